The maximum atomic E-state index is 12.3. The standard InChI is InChI=1S/C16H20N2O3/c1-3-14-10-20-12(2)9-18(14)16(19)11-21-15-6-4-13(8-17)5-7-15/h4-7,12,14H,3,9-11H2,1-2H3. The average molecular weight is 288 g/mol. The predicted molar refractivity (Wildman–Crippen MR) is 77.9 cm³/mol. The fraction of sp³-hybridized carbons (Fsp3) is 0.500. The average Bonchev–Trinajstić information content (AvgIpc) is 2.53. The van der Waals surface area contributed by atoms with Crippen molar-refractivity contribution >= 4 is 5.91 Å². The Bertz CT molecular complexity index is 521. The number of morpholine rings is 1. The van der Waals surface area contributed by atoms with Gasteiger partial charge in [0.05, 0.1) is 30.4 Å². The van der Waals surface area contributed by atoms with Gasteiger partial charge in [-0.3, -0.25) is 4.79 Å². The molecule has 0 aromatic heterocycles. The maximum absolute atomic E-state index is 12.3. The molecule has 1 amide bonds. The van der Waals surface area contributed by atoms with Crippen molar-refractivity contribution in [3.63, 3.8) is 0 Å². The quantitative estimate of drug-likeness (QED) is 0.849. The van der Waals surface area contributed by atoms with Crippen molar-refractivity contribution in [3.8, 4) is 11.8 Å². The minimum absolute atomic E-state index is 0.00905. The third-order valence-corrected chi connectivity index (χ3v) is 3.61. The van der Waals surface area contributed by atoms with E-state index in [0.29, 0.717) is 24.5 Å². The molecule has 1 aromatic rings. The van der Waals surface area contributed by atoms with E-state index in [-0.39, 0.29) is 24.7 Å². The van der Waals surface area contributed by atoms with Crippen LogP contribution in [0.1, 0.15) is 25.8 Å². The van der Waals surface area contributed by atoms with Crippen molar-refractivity contribution < 1.29 is 14.3 Å². The van der Waals surface area contributed by atoms with Gasteiger partial charge in [-0.05, 0) is 37.6 Å². The van der Waals surface area contributed by atoms with Gasteiger partial charge in [0.1, 0.15) is 5.75 Å². The third kappa shape index (κ3) is 3.96. The summed E-state index contributed by atoms with van der Waals surface area (Å²) in [4.78, 5) is 14.1. The highest BCUT2D eigenvalue weighted by Crippen LogP contribution is 2.16. The molecule has 0 radical (unpaired) electrons. The number of carbonyl (C=O) groups excluding carboxylic acids is 1. The van der Waals surface area contributed by atoms with Crippen LogP contribution in [0.5, 0.6) is 5.75 Å². The van der Waals surface area contributed by atoms with Crippen LogP contribution < -0.4 is 4.74 Å². The fourth-order valence-corrected chi connectivity index (χ4v) is 2.34. The van der Waals surface area contributed by atoms with Crippen LogP contribution in [0, 0.1) is 11.3 Å². The molecule has 2 rings (SSSR count). The van der Waals surface area contributed by atoms with Crippen LogP contribution in [0.25, 0.3) is 0 Å². The second-order valence-electron chi connectivity index (χ2n) is 5.18. The van der Waals surface area contributed by atoms with Gasteiger partial charge in [-0.2, -0.15) is 5.26 Å². The largest absolute Gasteiger partial charge is 0.484 e. The minimum Gasteiger partial charge on any atom is -0.484 e. The van der Waals surface area contributed by atoms with E-state index in [9.17, 15) is 4.79 Å². The van der Waals surface area contributed by atoms with Gasteiger partial charge in [0.2, 0.25) is 0 Å². The molecule has 5 nitrogen and oxygen atoms in total. The van der Waals surface area contributed by atoms with E-state index in [0.717, 1.165) is 6.42 Å². The summed E-state index contributed by atoms with van der Waals surface area (Å²) in [7, 11) is 0. The number of nitrogens with zero attached hydrogens (tertiary/aromatic N) is 2. The minimum atomic E-state index is -0.0265. The molecule has 2 atom stereocenters. The van der Waals surface area contributed by atoms with Crippen LogP contribution >= 0.6 is 0 Å². The van der Waals surface area contributed by atoms with Gasteiger partial charge < -0.3 is 14.4 Å². The highest BCUT2D eigenvalue weighted by Gasteiger charge is 2.29. The van der Waals surface area contributed by atoms with Crippen molar-refractivity contribution in [1.29, 1.82) is 5.26 Å². The van der Waals surface area contributed by atoms with E-state index in [1.165, 1.54) is 0 Å². The molecule has 1 aromatic carbocycles. The number of ether oxygens (including phenoxy) is 2. The first kappa shape index (κ1) is 15.3. The first-order chi connectivity index (χ1) is 10.1. The van der Waals surface area contributed by atoms with Crippen molar-refractivity contribution in [1.82, 2.24) is 4.90 Å². The highest BCUT2D eigenvalue weighted by molar-refractivity contribution is 5.78. The van der Waals surface area contributed by atoms with Gasteiger partial charge in [-0.15, -0.1) is 0 Å². The Morgan fingerprint density at radius 3 is 2.81 bits per heavy atom. The summed E-state index contributed by atoms with van der Waals surface area (Å²) in [6.45, 7) is 5.21. The summed E-state index contributed by atoms with van der Waals surface area (Å²) in [5, 5.41) is 8.73. The number of hydrogen-bond acceptors (Lipinski definition) is 4. The Morgan fingerprint density at radius 1 is 1.48 bits per heavy atom. The Morgan fingerprint density at radius 2 is 2.19 bits per heavy atom. The van der Waals surface area contributed by atoms with Crippen molar-refractivity contribution in [2.45, 2.75) is 32.4 Å². The second-order valence-corrected chi connectivity index (χ2v) is 5.18. The summed E-state index contributed by atoms with van der Waals surface area (Å²) < 4.78 is 11.1. The van der Waals surface area contributed by atoms with Crippen LogP contribution in [-0.2, 0) is 9.53 Å². The summed E-state index contributed by atoms with van der Waals surface area (Å²) in [6.07, 6.45) is 0.932. The fourth-order valence-electron chi connectivity index (χ4n) is 2.34. The summed E-state index contributed by atoms with van der Waals surface area (Å²) in [6, 6.07) is 8.91. The number of carbonyl (C=O) groups is 1. The number of hydrogen-bond donors (Lipinski definition) is 0. The van der Waals surface area contributed by atoms with Gasteiger partial charge in [0.25, 0.3) is 5.91 Å². The molecule has 0 N–H and O–H groups in total. The first-order valence-corrected chi connectivity index (χ1v) is 7.18. The monoisotopic (exact) mass is 288 g/mol. The topological polar surface area (TPSA) is 62.6 Å². The molecule has 112 valence electrons. The Hall–Kier alpha value is -2.06. The van der Waals surface area contributed by atoms with Crippen LogP contribution in [0.2, 0.25) is 0 Å². The van der Waals surface area contributed by atoms with Gasteiger partial charge in [-0.25, -0.2) is 0 Å². The zero-order valence-corrected chi connectivity index (χ0v) is 12.4. The summed E-state index contributed by atoms with van der Waals surface area (Å²) in [5.74, 6) is 0.568. The molecule has 0 saturated carbocycles. The second kappa shape index (κ2) is 7.09. The first-order valence-electron chi connectivity index (χ1n) is 7.18. The van der Waals surface area contributed by atoms with Crippen LogP contribution in [0.4, 0.5) is 0 Å². The smallest absolute Gasteiger partial charge is 0.260 e. The zero-order valence-electron chi connectivity index (χ0n) is 12.4. The van der Waals surface area contributed by atoms with Crippen molar-refractivity contribution in [2.75, 3.05) is 19.8 Å². The molecule has 0 spiro atoms. The van der Waals surface area contributed by atoms with E-state index < -0.39 is 0 Å². The lowest BCUT2D eigenvalue weighted by Gasteiger charge is -2.38. The van der Waals surface area contributed by atoms with Crippen LogP contribution in [0.15, 0.2) is 24.3 Å². The number of rotatable bonds is 4. The molecule has 5 heteroatoms. The Kier molecular flexibility index (Phi) is 5.18. The molecule has 1 aliphatic rings. The van der Waals surface area contributed by atoms with E-state index >= 15 is 0 Å². The molecule has 21 heavy (non-hydrogen) atoms. The van der Waals surface area contributed by atoms with Gasteiger partial charge in [0, 0.05) is 6.54 Å². The lowest BCUT2D eigenvalue weighted by molar-refractivity contribution is -0.146. The molecule has 1 heterocycles. The number of benzene rings is 1. The van der Waals surface area contributed by atoms with E-state index in [1.54, 1.807) is 24.3 Å². The lowest BCUT2D eigenvalue weighted by atomic mass is 10.1. The molecule has 0 aliphatic carbocycles. The molecular weight excluding hydrogens is 268 g/mol. The number of amides is 1. The van der Waals surface area contributed by atoms with Crippen molar-refractivity contribution in [2.24, 2.45) is 0 Å². The van der Waals surface area contributed by atoms with Gasteiger partial charge in [0.15, 0.2) is 6.61 Å². The highest BCUT2D eigenvalue weighted by atomic mass is 16.5. The summed E-state index contributed by atoms with van der Waals surface area (Å²) in [5.41, 5.74) is 0.571. The van der Waals surface area contributed by atoms with Crippen LogP contribution in [0.3, 0.4) is 0 Å². The molecule has 1 fully saturated rings. The van der Waals surface area contributed by atoms with E-state index in [1.807, 2.05) is 24.8 Å². The SMILES string of the molecule is CCC1COC(C)CN1C(=O)COc1ccc(C#N)cc1. The molecular formula is C16H20N2O3. The normalized spacial score (nSPS) is 21.7. The zero-order chi connectivity index (χ0) is 15.2. The number of nitriles is 1. The van der Waals surface area contributed by atoms with E-state index in [4.69, 9.17) is 14.7 Å². The predicted octanol–water partition coefficient (Wildman–Crippen LogP) is 1.96. The Balaban J connectivity index is 1.92. The lowest BCUT2D eigenvalue weighted by Crippen LogP contribution is -2.52. The van der Waals surface area contributed by atoms with Crippen molar-refractivity contribution in [3.05, 3.63) is 29.8 Å². The Labute approximate surface area is 125 Å². The molecule has 1 aliphatic heterocycles. The van der Waals surface area contributed by atoms with Gasteiger partial charge in [-0.1, -0.05) is 6.92 Å². The van der Waals surface area contributed by atoms with Crippen LogP contribution in [-0.4, -0.2) is 42.7 Å². The molecule has 2 unspecified atom stereocenters. The molecule has 1 saturated heterocycles. The maximum Gasteiger partial charge on any atom is 0.260 e. The molecule has 0 bridgehead atoms. The third-order valence-electron chi connectivity index (χ3n) is 3.61. The summed E-state index contributed by atoms with van der Waals surface area (Å²) >= 11 is 0. The van der Waals surface area contributed by atoms with Gasteiger partial charge >= 0.3 is 0 Å². The van der Waals surface area contributed by atoms with E-state index in [2.05, 4.69) is 0 Å².